The molecule has 0 saturated heterocycles. The predicted octanol–water partition coefficient (Wildman–Crippen LogP) is 4.57. The van der Waals surface area contributed by atoms with E-state index in [1.165, 1.54) is 6.07 Å². The third kappa shape index (κ3) is 2.34. The fourth-order valence-corrected chi connectivity index (χ4v) is 2.80. The Morgan fingerprint density at radius 3 is 2.50 bits per heavy atom. The van der Waals surface area contributed by atoms with Gasteiger partial charge in [0.05, 0.1) is 7.11 Å². The number of hydrogen-bond acceptors (Lipinski definition) is 2. The zero-order chi connectivity index (χ0) is 15.7. The molecule has 3 aromatic rings. The average molecular weight is 298 g/mol. The molecule has 0 amide bonds. The van der Waals surface area contributed by atoms with E-state index in [1.54, 1.807) is 7.11 Å². The monoisotopic (exact) mass is 298 g/mol. The van der Waals surface area contributed by atoms with Crippen LogP contribution in [-0.4, -0.2) is 16.9 Å². The van der Waals surface area contributed by atoms with Gasteiger partial charge >= 0.3 is 0 Å². The molecule has 1 aromatic heterocycles. The van der Waals surface area contributed by atoms with Crippen LogP contribution in [0.5, 0.6) is 5.75 Å². The molecule has 0 aliphatic rings. The van der Waals surface area contributed by atoms with Crippen molar-refractivity contribution in [3.8, 4) is 16.9 Å². The van der Waals surface area contributed by atoms with Crippen LogP contribution >= 0.6 is 0 Å². The topological polar surface area (TPSA) is 27.1 Å². The van der Waals surface area contributed by atoms with Crippen LogP contribution in [0.3, 0.4) is 0 Å². The van der Waals surface area contributed by atoms with E-state index in [0.717, 1.165) is 40.9 Å². The van der Waals surface area contributed by atoms with Gasteiger partial charge in [0.25, 0.3) is 0 Å². The summed E-state index contributed by atoms with van der Waals surface area (Å²) in [4.78, 5) is 0. The number of methoxy groups -OCH3 is 1. The summed E-state index contributed by atoms with van der Waals surface area (Å²) in [5.74, 6) is 0.533. The van der Waals surface area contributed by atoms with E-state index in [0.29, 0.717) is 5.52 Å². The molecule has 0 spiro atoms. The Kier molecular flexibility index (Phi) is 3.84. The Bertz CT molecular complexity index is 806. The Morgan fingerprint density at radius 1 is 1.14 bits per heavy atom. The number of ether oxygens (including phenoxy) is 1. The average Bonchev–Trinajstić information content (AvgIpc) is 2.87. The lowest BCUT2D eigenvalue weighted by atomic mass is 10.00. The third-order valence-electron chi connectivity index (χ3n) is 3.93. The lowest BCUT2D eigenvalue weighted by Gasteiger charge is -2.07. The molecule has 0 unspecified atom stereocenters. The first kappa shape index (κ1) is 14.6. The fraction of sp³-hybridized carbons (Fsp3) is 0.278. The molecule has 3 rings (SSSR count). The van der Waals surface area contributed by atoms with E-state index in [4.69, 9.17) is 4.74 Å². The Morgan fingerprint density at radius 2 is 1.86 bits per heavy atom. The van der Waals surface area contributed by atoms with Crippen LogP contribution in [0.2, 0.25) is 0 Å². The number of nitrogens with zero attached hydrogens (tertiary/aromatic N) is 2. The standard InChI is InChI=1S/C18H19FN2O/c1-4-11-21-12(2)17-15(9-10-16(19)18(17)20-21)13-5-7-14(22-3)8-6-13/h5-10H,4,11H2,1-3H3. The fourth-order valence-electron chi connectivity index (χ4n) is 2.80. The highest BCUT2D eigenvalue weighted by Crippen LogP contribution is 2.33. The molecule has 0 radical (unpaired) electrons. The van der Waals surface area contributed by atoms with Crippen molar-refractivity contribution in [3.05, 3.63) is 47.9 Å². The van der Waals surface area contributed by atoms with Crippen molar-refractivity contribution < 1.29 is 9.13 Å². The van der Waals surface area contributed by atoms with Gasteiger partial charge in [0.1, 0.15) is 11.3 Å². The zero-order valence-corrected chi connectivity index (χ0v) is 13.1. The van der Waals surface area contributed by atoms with E-state index in [9.17, 15) is 4.39 Å². The van der Waals surface area contributed by atoms with E-state index in [-0.39, 0.29) is 5.82 Å². The molecule has 0 bridgehead atoms. The van der Waals surface area contributed by atoms with Crippen LogP contribution in [-0.2, 0) is 6.54 Å². The molecule has 0 aliphatic carbocycles. The number of fused-ring (bicyclic) bond motifs is 1. The predicted molar refractivity (Wildman–Crippen MR) is 86.7 cm³/mol. The maximum absolute atomic E-state index is 14.1. The number of aromatic nitrogens is 2. The second-order valence-electron chi connectivity index (χ2n) is 5.36. The van der Waals surface area contributed by atoms with Crippen molar-refractivity contribution >= 4 is 10.9 Å². The summed E-state index contributed by atoms with van der Waals surface area (Å²) in [7, 11) is 1.64. The first-order valence-electron chi connectivity index (χ1n) is 7.45. The summed E-state index contributed by atoms with van der Waals surface area (Å²) < 4.78 is 21.2. The summed E-state index contributed by atoms with van der Waals surface area (Å²) in [6, 6.07) is 11.1. The van der Waals surface area contributed by atoms with Gasteiger partial charge in [-0.1, -0.05) is 25.1 Å². The van der Waals surface area contributed by atoms with Crippen LogP contribution < -0.4 is 4.74 Å². The highest BCUT2D eigenvalue weighted by Gasteiger charge is 2.16. The highest BCUT2D eigenvalue weighted by molar-refractivity contribution is 5.97. The lowest BCUT2D eigenvalue weighted by molar-refractivity contribution is 0.415. The second-order valence-corrected chi connectivity index (χ2v) is 5.36. The Hall–Kier alpha value is -2.36. The normalized spacial score (nSPS) is 11.1. The molecule has 22 heavy (non-hydrogen) atoms. The molecule has 4 heteroatoms. The molecule has 0 aliphatic heterocycles. The molecular formula is C18H19FN2O. The molecule has 114 valence electrons. The van der Waals surface area contributed by atoms with Crippen molar-refractivity contribution in [2.45, 2.75) is 26.8 Å². The summed E-state index contributed by atoms with van der Waals surface area (Å²) >= 11 is 0. The van der Waals surface area contributed by atoms with Gasteiger partial charge in [0.15, 0.2) is 5.82 Å². The van der Waals surface area contributed by atoms with Crippen molar-refractivity contribution in [2.24, 2.45) is 0 Å². The first-order chi connectivity index (χ1) is 10.7. The minimum Gasteiger partial charge on any atom is -0.497 e. The summed E-state index contributed by atoms with van der Waals surface area (Å²) in [6.45, 7) is 4.88. The number of benzene rings is 2. The molecule has 0 saturated carbocycles. The van der Waals surface area contributed by atoms with E-state index in [1.807, 2.05) is 41.9 Å². The molecule has 2 aromatic carbocycles. The van der Waals surface area contributed by atoms with Crippen molar-refractivity contribution in [1.29, 1.82) is 0 Å². The number of aryl methyl sites for hydroxylation is 2. The SMILES string of the molecule is CCCn1nc2c(F)ccc(-c3ccc(OC)cc3)c2c1C. The van der Waals surface area contributed by atoms with E-state index < -0.39 is 0 Å². The summed E-state index contributed by atoms with van der Waals surface area (Å²) in [5.41, 5.74) is 3.48. The van der Waals surface area contributed by atoms with Crippen LogP contribution in [0, 0.1) is 12.7 Å². The van der Waals surface area contributed by atoms with Gasteiger partial charge in [-0.25, -0.2) is 4.39 Å². The van der Waals surface area contributed by atoms with Gasteiger partial charge in [-0.2, -0.15) is 5.10 Å². The van der Waals surface area contributed by atoms with Crippen molar-refractivity contribution in [1.82, 2.24) is 9.78 Å². The van der Waals surface area contributed by atoms with Crippen LogP contribution in [0.4, 0.5) is 4.39 Å². The number of halogens is 1. The number of hydrogen-bond donors (Lipinski definition) is 0. The summed E-state index contributed by atoms with van der Waals surface area (Å²) in [5, 5.41) is 5.33. The maximum atomic E-state index is 14.1. The maximum Gasteiger partial charge on any atom is 0.151 e. The minimum atomic E-state index is -0.273. The molecule has 0 fully saturated rings. The minimum absolute atomic E-state index is 0.273. The van der Waals surface area contributed by atoms with Crippen LogP contribution in [0.15, 0.2) is 36.4 Å². The van der Waals surface area contributed by atoms with Gasteiger partial charge in [0.2, 0.25) is 0 Å². The highest BCUT2D eigenvalue weighted by atomic mass is 19.1. The molecule has 1 heterocycles. The van der Waals surface area contributed by atoms with Gasteiger partial charge in [-0.3, -0.25) is 4.68 Å². The largest absolute Gasteiger partial charge is 0.497 e. The van der Waals surface area contributed by atoms with E-state index >= 15 is 0 Å². The van der Waals surface area contributed by atoms with Gasteiger partial charge in [0, 0.05) is 17.6 Å². The second kappa shape index (κ2) is 5.79. The van der Waals surface area contributed by atoms with E-state index in [2.05, 4.69) is 12.0 Å². The first-order valence-corrected chi connectivity index (χ1v) is 7.45. The van der Waals surface area contributed by atoms with Gasteiger partial charge < -0.3 is 4.74 Å². The lowest BCUT2D eigenvalue weighted by Crippen LogP contribution is -2.00. The molecule has 3 nitrogen and oxygen atoms in total. The number of rotatable bonds is 4. The van der Waals surface area contributed by atoms with Crippen molar-refractivity contribution in [3.63, 3.8) is 0 Å². The van der Waals surface area contributed by atoms with Gasteiger partial charge in [-0.15, -0.1) is 0 Å². The van der Waals surface area contributed by atoms with Crippen molar-refractivity contribution in [2.75, 3.05) is 7.11 Å². The Labute approximate surface area is 129 Å². The summed E-state index contributed by atoms with van der Waals surface area (Å²) in [6.07, 6.45) is 0.967. The molecular weight excluding hydrogens is 279 g/mol. The smallest absolute Gasteiger partial charge is 0.151 e. The Balaban J connectivity index is 2.22. The van der Waals surface area contributed by atoms with Crippen LogP contribution in [0.25, 0.3) is 22.0 Å². The third-order valence-corrected chi connectivity index (χ3v) is 3.93. The van der Waals surface area contributed by atoms with Gasteiger partial charge in [-0.05, 0) is 42.7 Å². The van der Waals surface area contributed by atoms with Crippen LogP contribution in [0.1, 0.15) is 19.0 Å². The molecule has 0 N–H and O–H groups in total. The zero-order valence-electron chi connectivity index (χ0n) is 13.1. The quantitative estimate of drug-likeness (QED) is 0.705. The molecule has 0 atom stereocenters.